The lowest BCUT2D eigenvalue weighted by molar-refractivity contribution is 0.415. The first-order valence-corrected chi connectivity index (χ1v) is 9.32. The minimum atomic E-state index is 0.633. The molecule has 0 amide bonds. The maximum Gasteiger partial charge on any atom is 0.119 e. The largest absolute Gasteiger partial charge is 0.497 e. The molecular weight excluding hydrogens is 360 g/mol. The summed E-state index contributed by atoms with van der Waals surface area (Å²) in [5.74, 6) is 1.62. The molecule has 5 heteroatoms. The molecule has 2 aromatic carbocycles. The predicted octanol–water partition coefficient (Wildman–Crippen LogP) is 4.92. The standard InChI is InChI=1S/C24H20N4O/c1-16-5-3-8-21(26-16)24-23(19-6-4-7-20(14-19)29-2)27-22(28-24)13-17-9-11-18(15-25)12-10-17/h3-12,14H,13H2,1-2H3,(H,27,28). The van der Waals surface area contributed by atoms with Gasteiger partial charge in [0, 0.05) is 17.7 Å². The van der Waals surface area contributed by atoms with Crippen LogP contribution in [0.5, 0.6) is 5.75 Å². The topological polar surface area (TPSA) is 74.6 Å². The molecule has 1 N–H and O–H groups in total. The number of aromatic nitrogens is 3. The number of hydrogen-bond donors (Lipinski definition) is 1. The van der Waals surface area contributed by atoms with Gasteiger partial charge in [0.05, 0.1) is 35.8 Å². The molecule has 142 valence electrons. The molecule has 0 saturated heterocycles. The van der Waals surface area contributed by atoms with Crippen molar-refractivity contribution in [2.75, 3.05) is 7.11 Å². The van der Waals surface area contributed by atoms with E-state index in [9.17, 15) is 0 Å². The number of benzene rings is 2. The fraction of sp³-hybridized carbons (Fsp3) is 0.125. The van der Waals surface area contributed by atoms with E-state index in [0.717, 1.165) is 45.5 Å². The number of nitriles is 1. The van der Waals surface area contributed by atoms with Crippen LogP contribution < -0.4 is 4.74 Å². The molecule has 2 heterocycles. The Hall–Kier alpha value is -3.91. The second kappa shape index (κ2) is 7.99. The van der Waals surface area contributed by atoms with Gasteiger partial charge in [-0.2, -0.15) is 5.26 Å². The highest BCUT2D eigenvalue weighted by molar-refractivity contribution is 5.77. The van der Waals surface area contributed by atoms with Crippen molar-refractivity contribution < 1.29 is 4.74 Å². The fourth-order valence-corrected chi connectivity index (χ4v) is 3.24. The van der Waals surface area contributed by atoms with Crippen molar-refractivity contribution in [3.8, 4) is 34.5 Å². The number of imidazole rings is 1. The Kier molecular flexibility index (Phi) is 5.08. The quantitative estimate of drug-likeness (QED) is 0.533. The van der Waals surface area contributed by atoms with E-state index in [0.29, 0.717) is 12.0 Å². The lowest BCUT2D eigenvalue weighted by Gasteiger charge is -2.05. The van der Waals surface area contributed by atoms with E-state index in [1.807, 2.05) is 73.7 Å². The van der Waals surface area contributed by atoms with Crippen molar-refractivity contribution in [3.05, 3.63) is 89.4 Å². The normalized spacial score (nSPS) is 10.5. The van der Waals surface area contributed by atoms with Crippen LogP contribution in [0.3, 0.4) is 0 Å². The van der Waals surface area contributed by atoms with Gasteiger partial charge in [-0.15, -0.1) is 0 Å². The van der Waals surface area contributed by atoms with Gasteiger partial charge in [0.25, 0.3) is 0 Å². The van der Waals surface area contributed by atoms with Crippen LogP contribution in [0.2, 0.25) is 0 Å². The van der Waals surface area contributed by atoms with E-state index in [4.69, 9.17) is 15.0 Å². The number of nitrogens with zero attached hydrogens (tertiary/aromatic N) is 3. The number of ether oxygens (including phenoxy) is 1. The Balaban J connectivity index is 1.78. The van der Waals surface area contributed by atoms with Gasteiger partial charge in [0.15, 0.2) is 0 Å². The third-order valence-corrected chi connectivity index (χ3v) is 4.70. The molecule has 0 fully saturated rings. The molecule has 29 heavy (non-hydrogen) atoms. The monoisotopic (exact) mass is 380 g/mol. The van der Waals surface area contributed by atoms with Crippen LogP contribution in [0, 0.1) is 18.3 Å². The first-order chi connectivity index (χ1) is 14.2. The average molecular weight is 380 g/mol. The number of rotatable bonds is 5. The number of aromatic amines is 1. The first kappa shape index (κ1) is 18.5. The van der Waals surface area contributed by atoms with Crippen LogP contribution >= 0.6 is 0 Å². The zero-order chi connectivity index (χ0) is 20.2. The van der Waals surface area contributed by atoms with E-state index in [1.54, 1.807) is 7.11 Å². The van der Waals surface area contributed by atoms with E-state index in [-0.39, 0.29) is 0 Å². The Labute approximate surface area is 169 Å². The Morgan fingerprint density at radius 3 is 2.52 bits per heavy atom. The molecule has 0 spiro atoms. The summed E-state index contributed by atoms with van der Waals surface area (Å²) in [6, 6.07) is 23.5. The second-order valence-corrected chi connectivity index (χ2v) is 6.79. The van der Waals surface area contributed by atoms with Crippen molar-refractivity contribution >= 4 is 0 Å². The van der Waals surface area contributed by atoms with Crippen LogP contribution in [0.25, 0.3) is 22.6 Å². The molecule has 4 rings (SSSR count). The summed E-state index contributed by atoms with van der Waals surface area (Å²) in [6.07, 6.45) is 0.633. The predicted molar refractivity (Wildman–Crippen MR) is 113 cm³/mol. The van der Waals surface area contributed by atoms with Crippen LogP contribution in [-0.4, -0.2) is 22.1 Å². The number of hydrogen-bond acceptors (Lipinski definition) is 4. The third-order valence-electron chi connectivity index (χ3n) is 4.70. The highest BCUT2D eigenvalue weighted by Crippen LogP contribution is 2.31. The molecule has 5 nitrogen and oxygen atoms in total. The molecule has 0 unspecified atom stereocenters. The van der Waals surface area contributed by atoms with Gasteiger partial charge in [-0.05, 0) is 48.9 Å². The molecule has 4 aromatic rings. The zero-order valence-corrected chi connectivity index (χ0v) is 16.3. The smallest absolute Gasteiger partial charge is 0.119 e. The maximum absolute atomic E-state index is 8.99. The zero-order valence-electron chi connectivity index (χ0n) is 16.3. The van der Waals surface area contributed by atoms with Crippen molar-refractivity contribution in [2.24, 2.45) is 0 Å². The molecule has 0 saturated carbocycles. The fourth-order valence-electron chi connectivity index (χ4n) is 3.24. The summed E-state index contributed by atoms with van der Waals surface area (Å²) in [6.45, 7) is 1.97. The molecule has 0 aliphatic carbocycles. The molecule has 0 atom stereocenters. The molecule has 0 aliphatic rings. The minimum absolute atomic E-state index is 0.633. The van der Waals surface area contributed by atoms with Crippen LogP contribution in [0.1, 0.15) is 22.6 Å². The third kappa shape index (κ3) is 4.02. The van der Waals surface area contributed by atoms with Crippen LogP contribution in [-0.2, 0) is 6.42 Å². The van der Waals surface area contributed by atoms with E-state index >= 15 is 0 Å². The van der Waals surface area contributed by atoms with Gasteiger partial charge in [0.1, 0.15) is 11.6 Å². The number of nitrogens with one attached hydrogen (secondary N) is 1. The van der Waals surface area contributed by atoms with Gasteiger partial charge >= 0.3 is 0 Å². The van der Waals surface area contributed by atoms with Gasteiger partial charge < -0.3 is 9.72 Å². The summed E-state index contributed by atoms with van der Waals surface area (Å²) in [7, 11) is 1.66. The highest BCUT2D eigenvalue weighted by atomic mass is 16.5. The van der Waals surface area contributed by atoms with Gasteiger partial charge in [0.2, 0.25) is 0 Å². The lowest BCUT2D eigenvalue weighted by Crippen LogP contribution is -1.91. The summed E-state index contributed by atoms with van der Waals surface area (Å²) in [4.78, 5) is 13.0. The number of methoxy groups -OCH3 is 1. The first-order valence-electron chi connectivity index (χ1n) is 9.32. The average Bonchev–Trinajstić information content (AvgIpc) is 3.18. The minimum Gasteiger partial charge on any atom is -0.497 e. The van der Waals surface area contributed by atoms with Gasteiger partial charge in [-0.25, -0.2) is 4.98 Å². The van der Waals surface area contributed by atoms with Crippen molar-refractivity contribution in [2.45, 2.75) is 13.3 Å². The van der Waals surface area contributed by atoms with Crippen molar-refractivity contribution in [3.63, 3.8) is 0 Å². The Morgan fingerprint density at radius 1 is 1.00 bits per heavy atom. The van der Waals surface area contributed by atoms with E-state index in [1.165, 1.54) is 0 Å². The molecule has 0 aliphatic heterocycles. The second-order valence-electron chi connectivity index (χ2n) is 6.79. The summed E-state index contributed by atoms with van der Waals surface area (Å²) < 4.78 is 5.39. The van der Waals surface area contributed by atoms with E-state index < -0.39 is 0 Å². The number of pyridine rings is 1. The summed E-state index contributed by atoms with van der Waals surface area (Å²) in [5, 5.41) is 8.99. The number of aryl methyl sites for hydroxylation is 1. The number of H-pyrrole nitrogens is 1. The molecule has 0 bridgehead atoms. The summed E-state index contributed by atoms with van der Waals surface area (Å²) >= 11 is 0. The SMILES string of the molecule is COc1cccc(-c2nc(Cc3ccc(C#N)cc3)[nH]c2-c2cccc(C)n2)c1. The molecule has 0 radical (unpaired) electrons. The Bertz CT molecular complexity index is 1190. The van der Waals surface area contributed by atoms with Crippen molar-refractivity contribution in [1.29, 1.82) is 5.26 Å². The Morgan fingerprint density at radius 2 is 1.79 bits per heavy atom. The van der Waals surface area contributed by atoms with Crippen molar-refractivity contribution in [1.82, 2.24) is 15.0 Å². The molecule has 2 aromatic heterocycles. The van der Waals surface area contributed by atoms with Gasteiger partial charge in [-0.1, -0.05) is 30.3 Å². The van der Waals surface area contributed by atoms with Gasteiger partial charge in [-0.3, -0.25) is 4.98 Å². The summed E-state index contributed by atoms with van der Waals surface area (Å²) in [5.41, 5.74) is 6.21. The van der Waals surface area contributed by atoms with Crippen LogP contribution in [0.4, 0.5) is 0 Å². The molecular formula is C24H20N4O. The maximum atomic E-state index is 8.99. The van der Waals surface area contributed by atoms with E-state index in [2.05, 4.69) is 16.0 Å². The lowest BCUT2D eigenvalue weighted by atomic mass is 10.1. The van der Waals surface area contributed by atoms with Crippen LogP contribution in [0.15, 0.2) is 66.7 Å². The highest BCUT2D eigenvalue weighted by Gasteiger charge is 2.16.